The minimum absolute atomic E-state index is 0.611. The fourth-order valence-corrected chi connectivity index (χ4v) is 3.96. The summed E-state index contributed by atoms with van der Waals surface area (Å²) < 4.78 is 0. The molecule has 19 heavy (non-hydrogen) atoms. The number of rotatable bonds is 3. The number of aliphatic hydroxyl groups is 1. The van der Waals surface area contributed by atoms with Crippen LogP contribution in [0.4, 0.5) is 0 Å². The van der Waals surface area contributed by atoms with E-state index >= 15 is 0 Å². The number of hydrogen-bond acceptors (Lipinski definition) is 1. The number of hydrogen-bond donors (Lipinski definition) is 1. The first-order chi connectivity index (χ1) is 8.84. The number of benzene rings is 1. The molecule has 0 bridgehead atoms. The lowest BCUT2D eigenvalue weighted by atomic mass is 9.78. The van der Waals surface area contributed by atoms with Crippen LogP contribution in [-0.2, 0) is 5.60 Å². The normalized spacial score (nSPS) is 38.1. The average molecular weight is 260 g/mol. The van der Waals surface area contributed by atoms with Crippen molar-refractivity contribution < 1.29 is 5.11 Å². The van der Waals surface area contributed by atoms with Gasteiger partial charge >= 0.3 is 0 Å². The van der Waals surface area contributed by atoms with E-state index in [1.54, 1.807) is 0 Å². The molecule has 1 aromatic carbocycles. The topological polar surface area (TPSA) is 20.2 Å². The molecule has 0 amide bonds. The van der Waals surface area contributed by atoms with Gasteiger partial charge in [0.15, 0.2) is 0 Å². The van der Waals surface area contributed by atoms with Gasteiger partial charge in [-0.3, -0.25) is 0 Å². The molecule has 0 spiro atoms. The summed E-state index contributed by atoms with van der Waals surface area (Å²) in [5.74, 6) is 3.51. The molecule has 0 radical (unpaired) electrons. The Kier molecular flexibility index (Phi) is 4.06. The predicted octanol–water partition coefficient (Wildman–Crippen LogP) is 4.46. The summed E-state index contributed by atoms with van der Waals surface area (Å²) in [6.07, 6.45) is 0.869. The van der Waals surface area contributed by atoms with Crippen molar-refractivity contribution in [2.24, 2.45) is 29.6 Å². The molecule has 1 aromatic rings. The highest BCUT2D eigenvalue weighted by molar-refractivity contribution is 5.21. The van der Waals surface area contributed by atoms with Crippen LogP contribution in [0.25, 0.3) is 0 Å². The van der Waals surface area contributed by atoms with Crippen LogP contribution < -0.4 is 0 Å². The van der Waals surface area contributed by atoms with Crippen molar-refractivity contribution in [2.75, 3.05) is 0 Å². The SMILES string of the molecule is CC1C(C)C(CC(C)(O)c2ccccc2)[C@@H](C)C1C. The van der Waals surface area contributed by atoms with Crippen LogP contribution in [0.3, 0.4) is 0 Å². The van der Waals surface area contributed by atoms with Crippen LogP contribution in [0.5, 0.6) is 0 Å². The van der Waals surface area contributed by atoms with Crippen molar-refractivity contribution in [3.05, 3.63) is 35.9 Å². The van der Waals surface area contributed by atoms with E-state index in [1.165, 1.54) is 0 Å². The van der Waals surface area contributed by atoms with E-state index < -0.39 is 5.60 Å². The molecule has 6 atom stereocenters. The van der Waals surface area contributed by atoms with Crippen molar-refractivity contribution in [1.29, 1.82) is 0 Å². The maximum atomic E-state index is 10.9. The Morgan fingerprint density at radius 1 is 0.895 bits per heavy atom. The summed E-state index contributed by atoms with van der Waals surface area (Å²) in [6.45, 7) is 11.4. The van der Waals surface area contributed by atoms with Crippen molar-refractivity contribution in [2.45, 2.75) is 46.6 Å². The summed E-state index contributed by atoms with van der Waals surface area (Å²) >= 11 is 0. The summed E-state index contributed by atoms with van der Waals surface area (Å²) in [6, 6.07) is 10.1. The molecule has 1 fully saturated rings. The fraction of sp³-hybridized carbons (Fsp3) is 0.667. The van der Waals surface area contributed by atoms with Crippen LogP contribution in [0, 0.1) is 29.6 Å². The first-order valence-electron chi connectivity index (χ1n) is 7.62. The molecule has 1 nitrogen and oxygen atoms in total. The maximum Gasteiger partial charge on any atom is 0.0871 e. The maximum absolute atomic E-state index is 10.9. The minimum Gasteiger partial charge on any atom is -0.385 e. The lowest BCUT2D eigenvalue weighted by Crippen LogP contribution is -2.28. The second kappa shape index (κ2) is 5.28. The molecular formula is C18H28O. The van der Waals surface area contributed by atoms with Gasteiger partial charge in [-0.25, -0.2) is 0 Å². The predicted molar refractivity (Wildman–Crippen MR) is 80.8 cm³/mol. The lowest BCUT2D eigenvalue weighted by molar-refractivity contribution is 0.0161. The Labute approximate surface area is 118 Å². The van der Waals surface area contributed by atoms with Crippen LogP contribution >= 0.6 is 0 Å². The summed E-state index contributed by atoms with van der Waals surface area (Å²) in [5.41, 5.74) is 0.333. The Morgan fingerprint density at radius 3 is 1.84 bits per heavy atom. The highest BCUT2D eigenvalue weighted by Crippen LogP contribution is 2.49. The zero-order valence-corrected chi connectivity index (χ0v) is 12.9. The fourth-order valence-electron chi connectivity index (χ4n) is 3.96. The lowest BCUT2D eigenvalue weighted by Gasteiger charge is -2.31. The first kappa shape index (κ1) is 14.6. The highest BCUT2D eigenvalue weighted by Gasteiger charge is 2.44. The monoisotopic (exact) mass is 260 g/mol. The smallest absolute Gasteiger partial charge is 0.0871 e. The quantitative estimate of drug-likeness (QED) is 0.850. The van der Waals surface area contributed by atoms with Gasteiger partial charge in [0.2, 0.25) is 0 Å². The molecule has 1 aliphatic rings. The van der Waals surface area contributed by atoms with Gasteiger partial charge in [-0.2, -0.15) is 0 Å². The van der Waals surface area contributed by atoms with Crippen LogP contribution in [-0.4, -0.2) is 5.11 Å². The van der Waals surface area contributed by atoms with Gasteiger partial charge in [0.1, 0.15) is 0 Å². The van der Waals surface area contributed by atoms with Crippen molar-refractivity contribution >= 4 is 0 Å². The van der Waals surface area contributed by atoms with Gasteiger partial charge in [-0.15, -0.1) is 0 Å². The van der Waals surface area contributed by atoms with E-state index in [9.17, 15) is 5.11 Å². The third kappa shape index (κ3) is 2.72. The van der Waals surface area contributed by atoms with E-state index in [-0.39, 0.29) is 0 Å². The highest BCUT2D eigenvalue weighted by atomic mass is 16.3. The second-order valence-corrected chi connectivity index (χ2v) is 6.94. The van der Waals surface area contributed by atoms with E-state index in [1.807, 2.05) is 37.3 Å². The van der Waals surface area contributed by atoms with Crippen molar-refractivity contribution in [3.63, 3.8) is 0 Å². The van der Waals surface area contributed by atoms with E-state index in [4.69, 9.17) is 0 Å². The van der Waals surface area contributed by atoms with Gasteiger partial charge in [0, 0.05) is 0 Å². The van der Waals surface area contributed by atoms with Crippen LogP contribution in [0.15, 0.2) is 30.3 Å². The second-order valence-electron chi connectivity index (χ2n) is 6.94. The zero-order valence-electron chi connectivity index (χ0n) is 12.9. The third-order valence-corrected chi connectivity index (χ3v) is 5.87. The molecule has 0 saturated heterocycles. The van der Waals surface area contributed by atoms with Gasteiger partial charge in [0.05, 0.1) is 5.60 Å². The molecule has 0 aromatic heterocycles. The molecule has 1 N–H and O–H groups in total. The van der Waals surface area contributed by atoms with E-state index in [2.05, 4.69) is 27.7 Å². The van der Waals surface area contributed by atoms with E-state index in [0.29, 0.717) is 17.8 Å². The summed E-state index contributed by atoms with van der Waals surface area (Å²) in [4.78, 5) is 0. The summed E-state index contributed by atoms with van der Waals surface area (Å²) in [7, 11) is 0. The molecule has 1 saturated carbocycles. The standard InChI is InChI=1S/C18H28O/c1-12-13(2)15(4)17(14(12)3)11-18(5,19)16-9-7-6-8-10-16/h6-10,12-15,17,19H,11H2,1-5H3/t12?,13?,14-,15?,17?,18?/m0/s1. The molecule has 2 rings (SSSR count). The summed E-state index contributed by atoms with van der Waals surface area (Å²) in [5, 5.41) is 10.9. The average Bonchev–Trinajstić information content (AvgIpc) is 2.57. The van der Waals surface area contributed by atoms with E-state index in [0.717, 1.165) is 23.8 Å². The molecule has 0 aliphatic heterocycles. The van der Waals surface area contributed by atoms with Crippen LogP contribution in [0.2, 0.25) is 0 Å². The van der Waals surface area contributed by atoms with Gasteiger partial charge < -0.3 is 5.11 Å². The molecule has 5 unspecified atom stereocenters. The third-order valence-electron chi connectivity index (χ3n) is 5.87. The Morgan fingerprint density at radius 2 is 1.37 bits per heavy atom. The largest absolute Gasteiger partial charge is 0.385 e. The Balaban J connectivity index is 2.17. The van der Waals surface area contributed by atoms with Crippen molar-refractivity contribution in [1.82, 2.24) is 0 Å². The van der Waals surface area contributed by atoms with Crippen LogP contribution in [0.1, 0.15) is 46.6 Å². The van der Waals surface area contributed by atoms with Gasteiger partial charge in [-0.05, 0) is 48.5 Å². The molecule has 1 aliphatic carbocycles. The van der Waals surface area contributed by atoms with Crippen molar-refractivity contribution in [3.8, 4) is 0 Å². The van der Waals surface area contributed by atoms with Gasteiger partial charge in [0.25, 0.3) is 0 Å². The zero-order chi connectivity index (χ0) is 14.2. The Hall–Kier alpha value is -0.820. The first-order valence-corrected chi connectivity index (χ1v) is 7.62. The van der Waals surface area contributed by atoms with Gasteiger partial charge in [-0.1, -0.05) is 58.0 Å². The molecule has 106 valence electrons. The Bertz CT molecular complexity index is 395. The molecule has 1 heteroatoms. The minimum atomic E-state index is -0.710. The molecular weight excluding hydrogens is 232 g/mol. The molecule has 0 heterocycles.